The molecule has 0 aliphatic rings. The molecular formula is C13H19N5S. The van der Waals surface area contributed by atoms with Crippen LogP contribution in [0.1, 0.15) is 18.3 Å². The van der Waals surface area contributed by atoms with Gasteiger partial charge in [0.25, 0.3) is 0 Å². The second-order valence-electron chi connectivity index (χ2n) is 4.22. The van der Waals surface area contributed by atoms with Gasteiger partial charge in [-0.2, -0.15) is 5.10 Å². The lowest BCUT2D eigenvalue weighted by Crippen LogP contribution is -2.02. The van der Waals surface area contributed by atoms with E-state index in [4.69, 9.17) is 5.73 Å². The number of aryl methyl sites for hydroxylation is 2. The second kappa shape index (κ2) is 6.16. The van der Waals surface area contributed by atoms with Gasteiger partial charge < -0.3 is 5.73 Å². The lowest BCUT2D eigenvalue weighted by atomic mass is 10.1. The Hall–Kier alpha value is -1.40. The van der Waals surface area contributed by atoms with Crippen LogP contribution in [0.25, 0.3) is 11.3 Å². The van der Waals surface area contributed by atoms with E-state index in [1.165, 1.54) is 0 Å². The quantitative estimate of drug-likeness (QED) is 0.669. The van der Waals surface area contributed by atoms with Crippen molar-refractivity contribution in [1.29, 1.82) is 0 Å². The smallest absolute Gasteiger partial charge is 0.188 e. The summed E-state index contributed by atoms with van der Waals surface area (Å²) in [6.07, 6.45) is 1.79. The van der Waals surface area contributed by atoms with Gasteiger partial charge in [0.1, 0.15) is 0 Å². The van der Waals surface area contributed by atoms with Crippen molar-refractivity contribution < 1.29 is 0 Å². The number of nitrogens with two attached hydrogens (primary N) is 1. The molecule has 0 fully saturated rings. The first-order valence-electron chi connectivity index (χ1n) is 6.37. The summed E-state index contributed by atoms with van der Waals surface area (Å²) in [4.78, 5) is 8.85. The maximum Gasteiger partial charge on any atom is 0.188 e. The van der Waals surface area contributed by atoms with Crippen LogP contribution >= 0.6 is 11.8 Å². The molecule has 0 spiro atoms. The van der Waals surface area contributed by atoms with E-state index < -0.39 is 0 Å². The fraction of sp³-hybridized carbons (Fsp3) is 0.462. The largest absolute Gasteiger partial charge is 0.330 e. The lowest BCUT2D eigenvalue weighted by molar-refractivity contribution is 0.634. The molecule has 19 heavy (non-hydrogen) atoms. The Morgan fingerprint density at radius 3 is 2.79 bits per heavy atom. The van der Waals surface area contributed by atoms with Crippen LogP contribution in [-0.4, -0.2) is 32.0 Å². The van der Waals surface area contributed by atoms with Crippen molar-refractivity contribution in [1.82, 2.24) is 19.7 Å². The molecule has 0 aliphatic heterocycles. The number of nitrogens with zero attached hydrogens (tertiary/aromatic N) is 4. The summed E-state index contributed by atoms with van der Waals surface area (Å²) in [5.74, 6) is 0.829. The van der Waals surface area contributed by atoms with E-state index in [-0.39, 0.29) is 0 Å². The van der Waals surface area contributed by atoms with Crippen LogP contribution in [0, 0.1) is 13.8 Å². The van der Waals surface area contributed by atoms with Crippen LogP contribution in [0.3, 0.4) is 0 Å². The summed E-state index contributed by atoms with van der Waals surface area (Å²) in [5, 5.41) is 5.30. The zero-order chi connectivity index (χ0) is 13.8. The summed E-state index contributed by atoms with van der Waals surface area (Å²) in [5.41, 5.74) is 9.70. The van der Waals surface area contributed by atoms with Crippen molar-refractivity contribution in [2.24, 2.45) is 5.73 Å². The van der Waals surface area contributed by atoms with Gasteiger partial charge in [-0.3, -0.25) is 4.68 Å². The zero-order valence-corrected chi connectivity index (χ0v) is 12.4. The summed E-state index contributed by atoms with van der Waals surface area (Å²) in [7, 11) is 0. The standard InChI is InChI=1S/C13H19N5S/c1-4-18-10(3)12(9(2)17-18)11-5-7-15-13(16-11)19-8-6-14/h5,7H,4,6,8,14H2,1-3H3. The third-order valence-corrected chi connectivity index (χ3v) is 3.81. The second-order valence-corrected chi connectivity index (χ2v) is 5.29. The molecule has 2 aromatic rings. The molecular weight excluding hydrogens is 258 g/mol. The Bertz CT molecular complexity index is 564. The van der Waals surface area contributed by atoms with Gasteiger partial charge in [0, 0.05) is 36.3 Å². The Labute approximate surface area is 117 Å². The first-order chi connectivity index (χ1) is 9.17. The van der Waals surface area contributed by atoms with Crippen molar-refractivity contribution in [3.8, 4) is 11.3 Å². The molecule has 6 heteroatoms. The summed E-state index contributed by atoms with van der Waals surface area (Å²) >= 11 is 1.58. The van der Waals surface area contributed by atoms with Crippen LogP contribution in [0.2, 0.25) is 0 Å². The monoisotopic (exact) mass is 277 g/mol. The Morgan fingerprint density at radius 1 is 1.37 bits per heavy atom. The molecule has 0 atom stereocenters. The van der Waals surface area contributed by atoms with E-state index in [2.05, 4.69) is 28.9 Å². The van der Waals surface area contributed by atoms with E-state index >= 15 is 0 Å². The van der Waals surface area contributed by atoms with E-state index in [0.29, 0.717) is 6.54 Å². The van der Waals surface area contributed by atoms with Crippen LogP contribution in [-0.2, 0) is 6.54 Å². The fourth-order valence-electron chi connectivity index (χ4n) is 2.08. The number of rotatable bonds is 5. The van der Waals surface area contributed by atoms with E-state index in [1.54, 1.807) is 18.0 Å². The predicted octanol–water partition coefficient (Wildman–Crippen LogP) is 2.03. The molecule has 0 saturated heterocycles. The van der Waals surface area contributed by atoms with Crippen molar-refractivity contribution in [2.45, 2.75) is 32.5 Å². The number of hydrogen-bond donors (Lipinski definition) is 1. The molecule has 2 rings (SSSR count). The molecule has 0 aliphatic carbocycles. The van der Waals surface area contributed by atoms with Gasteiger partial charge in [0.2, 0.25) is 0 Å². The number of thioether (sulfide) groups is 1. The Kier molecular flexibility index (Phi) is 4.55. The first kappa shape index (κ1) is 14.0. The average molecular weight is 277 g/mol. The third-order valence-electron chi connectivity index (χ3n) is 2.92. The maximum absolute atomic E-state index is 5.51. The van der Waals surface area contributed by atoms with Crippen LogP contribution in [0.4, 0.5) is 0 Å². The van der Waals surface area contributed by atoms with Gasteiger partial charge in [-0.1, -0.05) is 11.8 Å². The molecule has 2 heterocycles. The third kappa shape index (κ3) is 2.96. The van der Waals surface area contributed by atoms with Crippen LogP contribution in [0.5, 0.6) is 0 Å². The lowest BCUT2D eigenvalue weighted by Gasteiger charge is -2.04. The molecule has 0 unspecified atom stereocenters. The van der Waals surface area contributed by atoms with Crippen molar-refractivity contribution >= 4 is 11.8 Å². The minimum Gasteiger partial charge on any atom is -0.330 e. The van der Waals surface area contributed by atoms with Gasteiger partial charge in [-0.25, -0.2) is 9.97 Å². The minimum absolute atomic E-state index is 0.629. The van der Waals surface area contributed by atoms with Crippen molar-refractivity contribution in [3.63, 3.8) is 0 Å². The summed E-state index contributed by atoms with van der Waals surface area (Å²) in [6.45, 7) is 7.68. The minimum atomic E-state index is 0.629. The SMILES string of the molecule is CCn1nc(C)c(-c2ccnc(SCCN)n2)c1C. The van der Waals surface area contributed by atoms with Gasteiger partial charge in [-0.15, -0.1) is 0 Å². The topological polar surface area (TPSA) is 69.6 Å². The Morgan fingerprint density at radius 2 is 2.16 bits per heavy atom. The average Bonchev–Trinajstić information content (AvgIpc) is 2.71. The van der Waals surface area contributed by atoms with Crippen LogP contribution < -0.4 is 5.73 Å². The maximum atomic E-state index is 5.51. The molecule has 102 valence electrons. The van der Waals surface area contributed by atoms with Crippen LogP contribution in [0.15, 0.2) is 17.4 Å². The van der Waals surface area contributed by atoms with Gasteiger partial charge in [0.15, 0.2) is 5.16 Å². The fourth-order valence-corrected chi connectivity index (χ4v) is 2.67. The molecule has 2 N–H and O–H groups in total. The van der Waals surface area contributed by atoms with E-state index in [1.807, 2.05) is 17.7 Å². The van der Waals surface area contributed by atoms with Gasteiger partial charge in [0.05, 0.1) is 11.4 Å². The highest BCUT2D eigenvalue weighted by atomic mass is 32.2. The first-order valence-corrected chi connectivity index (χ1v) is 7.36. The molecule has 0 bridgehead atoms. The molecule has 0 aromatic carbocycles. The van der Waals surface area contributed by atoms with Gasteiger partial charge >= 0.3 is 0 Å². The molecule has 0 saturated carbocycles. The predicted molar refractivity (Wildman–Crippen MR) is 78.2 cm³/mol. The van der Waals surface area contributed by atoms with Crippen molar-refractivity contribution in [2.75, 3.05) is 12.3 Å². The molecule has 5 nitrogen and oxygen atoms in total. The molecule has 2 aromatic heterocycles. The highest BCUT2D eigenvalue weighted by molar-refractivity contribution is 7.99. The van der Waals surface area contributed by atoms with Gasteiger partial charge in [-0.05, 0) is 26.8 Å². The highest BCUT2D eigenvalue weighted by Gasteiger charge is 2.14. The van der Waals surface area contributed by atoms with Crippen molar-refractivity contribution in [3.05, 3.63) is 23.7 Å². The zero-order valence-electron chi connectivity index (χ0n) is 11.6. The molecule has 0 radical (unpaired) electrons. The van der Waals surface area contributed by atoms with E-state index in [0.717, 1.165) is 40.1 Å². The summed E-state index contributed by atoms with van der Waals surface area (Å²) in [6, 6.07) is 1.93. The number of hydrogen-bond acceptors (Lipinski definition) is 5. The normalized spacial score (nSPS) is 10.9. The highest BCUT2D eigenvalue weighted by Crippen LogP contribution is 2.26. The molecule has 0 amide bonds. The summed E-state index contributed by atoms with van der Waals surface area (Å²) < 4.78 is 2.00. The Balaban J connectivity index is 2.39. The number of aromatic nitrogens is 4. The van der Waals surface area contributed by atoms with E-state index in [9.17, 15) is 0 Å².